The molecule has 0 atom stereocenters. The summed E-state index contributed by atoms with van der Waals surface area (Å²) in [4.78, 5) is 6.12. The van der Waals surface area contributed by atoms with E-state index in [2.05, 4.69) is 4.98 Å². The fourth-order valence-electron chi connectivity index (χ4n) is 1.73. The molecular formula is C12H14FIN4. The third kappa shape index (κ3) is 2.58. The highest BCUT2D eigenvalue weighted by Gasteiger charge is 2.12. The summed E-state index contributed by atoms with van der Waals surface area (Å²) in [6.07, 6.45) is 3.61. The van der Waals surface area contributed by atoms with Crippen molar-refractivity contribution in [3.8, 4) is 0 Å². The van der Waals surface area contributed by atoms with Gasteiger partial charge in [-0.05, 0) is 28.7 Å². The Morgan fingerprint density at radius 1 is 1.50 bits per heavy atom. The van der Waals surface area contributed by atoms with Crippen molar-refractivity contribution in [3.63, 3.8) is 0 Å². The van der Waals surface area contributed by atoms with Crippen molar-refractivity contribution in [2.45, 2.75) is 6.54 Å². The predicted octanol–water partition coefficient (Wildman–Crippen LogP) is 2.38. The second kappa shape index (κ2) is 5.13. The Bertz CT molecular complexity index is 567. The number of nitrogens with zero attached hydrogens (tertiary/aromatic N) is 3. The molecule has 0 saturated heterocycles. The average molecular weight is 360 g/mol. The monoisotopic (exact) mass is 360 g/mol. The molecule has 2 rings (SSSR count). The van der Waals surface area contributed by atoms with Crippen LogP contribution in [0.15, 0.2) is 24.5 Å². The normalized spacial score (nSPS) is 10.7. The first kappa shape index (κ1) is 13.1. The molecule has 0 bridgehead atoms. The molecule has 0 fully saturated rings. The first-order valence-corrected chi connectivity index (χ1v) is 6.48. The SMILES string of the molecule is CN(Cc1nccn1C)c1cc(F)c(I)cc1N. The Hall–Kier alpha value is -1.31. The van der Waals surface area contributed by atoms with Crippen LogP contribution in [0, 0.1) is 9.39 Å². The second-order valence-corrected chi connectivity index (χ2v) is 5.30. The van der Waals surface area contributed by atoms with Crippen LogP contribution in [-0.2, 0) is 13.6 Å². The van der Waals surface area contributed by atoms with Crippen LogP contribution in [0.1, 0.15) is 5.82 Å². The molecule has 2 N–H and O–H groups in total. The molecule has 1 aromatic carbocycles. The number of rotatable bonds is 3. The summed E-state index contributed by atoms with van der Waals surface area (Å²) in [7, 11) is 3.79. The van der Waals surface area contributed by atoms with Crippen molar-refractivity contribution in [3.05, 3.63) is 39.7 Å². The lowest BCUT2D eigenvalue weighted by Gasteiger charge is -2.21. The number of hydrogen-bond acceptors (Lipinski definition) is 3. The van der Waals surface area contributed by atoms with Gasteiger partial charge in [0.15, 0.2) is 0 Å². The molecule has 0 aliphatic carbocycles. The van der Waals surface area contributed by atoms with Gasteiger partial charge in [-0.3, -0.25) is 0 Å². The number of aromatic nitrogens is 2. The number of imidazole rings is 1. The zero-order valence-corrected chi connectivity index (χ0v) is 12.3. The fraction of sp³-hybridized carbons (Fsp3) is 0.250. The highest BCUT2D eigenvalue weighted by atomic mass is 127. The molecule has 0 unspecified atom stereocenters. The molecule has 0 spiro atoms. The summed E-state index contributed by atoms with van der Waals surface area (Å²) in [5.41, 5.74) is 7.16. The van der Waals surface area contributed by atoms with E-state index < -0.39 is 0 Å². The Morgan fingerprint density at radius 3 is 2.83 bits per heavy atom. The Balaban J connectivity index is 2.26. The standard InChI is InChI=1S/C12H14FIN4/c1-17-4-3-16-12(17)7-18(2)11-5-8(13)9(14)6-10(11)15/h3-6H,7,15H2,1-2H3. The number of aryl methyl sites for hydroxylation is 1. The number of hydrogen-bond donors (Lipinski definition) is 1. The Labute approximate surface area is 119 Å². The van der Waals surface area contributed by atoms with Crippen molar-refractivity contribution in [1.29, 1.82) is 0 Å². The van der Waals surface area contributed by atoms with E-state index in [0.29, 0.717) is 21.5 Å². The molecule has 18 heavy (non-hydrogen) atoms. The summed E-state index contributed by atoms with van der Waals surface area (Å²) in [5, 5.41) is 0. The minimum atomic E-state index is -0.258. The predicted molar refractivity (Wildman–Crippen MR) is 78.8 cm³/mol. The molecule has 6 heteroatoms. The van der Waals surface area contributed by atoms with Crippen molar-refractivity contribution in [2.24, 2.45) is 7.05 Å². The van der Waals surface area contributed by atoms with Crippen molar-refractivity contribution >= 4 is 34.0 Å². The third-order valence-corrected chi connectivity index (χ3v) is 3.61. The maximum atomic E-state index is 13.6. The summed E-state index contributed by atoms with van der Waals surface area (Å²) >= 11 is 1.93. The van der Waals surface area contributed by atoms with Gasteiger partial charge in [-0.1, -0.05) is 0 Å². The average Bonchev–Trinajstić information content (AvgIpc) is 2.69. The lowest BCUT2D eigenvalue weighted by Crippen LogP contribution is -2.20. The van der Waals surface area contributed by atoms with Gasteiger partial charge in [-0.25, -0.2) is 9.37 Å². The van der Waals surface area contributed by atoms with Crippen LogP contribution in [0.3, 0.4) is 0 Å². The molecule has 96 valence electrons. The molecule has 1 heterocycles. The number of halogens is 2. The number of benzene rings is 1. The van der Waals surface area contributed by atoms with Crippen LogP contribution in [0.2, 0.25) is 0 Å². The van der Waals surface area contributed by atoms with Crippen LogP contribution >= 0.6 is 22.6 Å². The van der Waals surface area contributed by atoms with E-state index in [0.717, 1.165) is 5.82 Å². The minimum absolute atomic E-state index is 0.258. The summed E-state index contributed by atoms with van der Waals surface area (Å²) in [5.74, 6) is 0.641. The van der Waals surface area contributed by atoms with Gasteiger partial charge in [0.25, 0.3) is 0 Å². The lowest BCUT2D eigenvalue weighted by molar-refractivity contribution is 0.619. The van der Waals surface area contributed by atoms with Gasteiger partial charge in [-0.15, -0.1) is 0 Å². The maximum Gasteiger partial charge on any atom is 0.138 e. The van der Waals surface area contributed by atoms with E-state index in [-0.39, 0.29) is 5.82 Å². The van der Waals surface area contributed by atoms with Gasteiger partial charge in [0.1, 0.15) is 11.6 Å². The number of nitrogens with two attached hydrogens (primary N) is 1. The van der Waals surface area contributed by atoms with E-state index in [4.69, 9.17) is 5.73 Å². The van der Waals surface area contributed by atoms with Crippen LogP contribution < -0.4 is 10.6 Å². The van der Waals surface area contributed by atoms with Crippen LogP contribution in [0.5, 0.6) is 0 Å². The van der Waals surface area contributed by atoms with Crippen molar-refractivity contribution < 1.29 is 4.39 Å². The lowest BCUT2D eigenvalue weighted by atomic mass is 10.2. The highest BCUT2D eigenvalue weighted by Crippen LogP contribution is 2.27. The highest BCUT2D eigenvalue weighted by molar-refractivity contribution is 14.1. The van der Waals surface area contributed by atoms with Gasteiger partial charge in [0, 0.05) is 32.6 Å². The number of nitrogen functional groups attached to an aromatic ring is 1. The summed E-state index contributed by atoms with van der Waals surface area (Å²) in [6, 6.07) is 3.10. The van der Waals surface area contributed by atoms with Crippen LogP contribution in [0.4, 0.5) is 15.8 Å². The van der Waals surface area contributed by atoms with Gasteiger partial charge >= 0.3 is 0 Å². The van der Waals surface area contributed by atoms with E-state index in [9.17, 15) is 4.39 Å². The van der Waals surface area contributed by atoms with Crippen LogP contribution in [-0.4, -0.2) is 16.6 Å². The molecule has 0 aliphatic rings. The zero-order valence-electron chi connectivity index (χ0n) is 10.2. The van der Waals surface area contributed by atoms with Gasteiger partial charge in [-0.2, -0.15) is 0 Å². The molecule has 0 saturated carbocycles. The van der Waals surface area contributed by atoms with Gasteiger partial charge < -0.3 is 15.2 Å². The first-order valence-electron chi connectivity index (χ1n) is 5.41. The van der Waals surface area contributed by atoms with E-state index in [1.54, 1.807) is 12.3 Å². The zero-order chi connectivity index (χ0) is 13.3. The Kier molecular flexibility index (Phi) is 3.74. The number of anilines is 2. The largest absolute Gasteiger partial charge is 0.397 e. The molecule has 2 aromatic rings. The molecule has 0 radical (unpaired) electrons. The second-order valence-electron chi connectivity index (χ2n) is 4.14. The van der Waals surface area contributed by atoms with Crippen LogP contribution in [0.25, 0.3) is 0 Å². The Morgan fingerprint density at radius 2 is 2.22 bits per heavy atom. The van der Waals surface area contributed by atoms with Gasteiger partial charge in [0.05, 0.1) is 21.5 Å². The first-order chi connectivity index (χ1) is 8.49. The summed E-state index contributed by atoms with van der Waals surface area (Å²) < 4.78 is 16.0. The smallest absolute Gasteiger partial charge is 0.138 e. The van der Waals surface area contributed by atoms with E-state index in [1.807, 2.05) is 52.4 Å². The van der Waals surface area contributed by atoms with Crippen molar-refractivity contribution in [2.75, 3.05) is 17.7 Å². The molecule has 0 amide bonds. The van der Waals surface area contributed by atoms with Crippen molar-refractivity contribution in [1.82, 2.24) is 9.55 Å². The van der Waals surface area contributed by atoms with E-state index >= 15 is 0 Å². The fourth-order valence-corrected chi connectivity index (χ4v) is 2.22. The van der Waals surface area contributed by atoms with E-state index in [1.165, 1.54) is 6.07 Å². The maximum absolute atomic E-state index is 13.6. The minimum Gasteiger partial charge on any atom is -0.397 e. The molecular weight excluding hydrogens is 346 g/mol. The summed E-state index contributed by atoms with van der Waals surface area (Å²) in [6.45, 7) is 0.577. The quantitative estimate of drug-likeness (QED) is 0.676. The molecule has 1 aromatic heterocycles. The van der Waals surface area contributed by atoms with Gasteiger partial charge in [0.2, 0.25) is 0 Å². The topological polar surface area (TPSA) is 47.1 Å². The molecule has 0 aliphatic heterocycles. The third-order valence-electron chi connectivity index (χ3n) is 2.78. The molecule has 4 nitrogen and oxygen atoms in total.